The minimum absolute atomic E-state index is 0.0858. The number of nitrogens with two attached hydrogens (primary N) is 1. The van der Waals surface area contributed by atoms with E-state index in [9.17, 15) is 8.78 Å². The lowest BCUT2D eigenvalue weighted by Crippen LogP contribution is -2.04. The zero-order chi connectivity index (χ0) is 14.1. The Bertz CT molecular complexity index is 638. The number of fused-ring (bicyclic) bond motifs is 1. The molecule has 1 aromatic carbocycles. The Hall–Kier alpha value is -2.01. The lowest BCUT2D eigenvalue weighted by atomic mass is 10.1. The summed E-state index contributed by atoms with van der Waals surface area (Å²) in [4.78, 5) is 4.43. The van der Waals surface area contributed by atoms with E-state index in [0.29, 0.717) is 5.88 Å². The molecule has 0 bridgehead atoms. The van der Waals surface area contributed by atoms with Gasteiger partial charge in [-0.15, -0.1) is 0 Å². The second-order valence-electron chi connectivity index (χ2n) is 4.82. The minimum Gasteiger partial charge on any atom is -0.438 e. The number of hydrogen-bond acceptors (Lipinski definition) is 3. The molecule has 0 aliphatic heterocycles. The Morgan fingerprint density at radius 1 is 1.10 bits per heavy atom. The van der Waals surface area contributed by atoms with Crippen LogP contribution in [0.2, 0.25) is 0 Å². The van der Waals surface area contributed by atoms with Crippen LogP contribution >= 0.6 is 0 Å². The molecule has 104 valence electrons. The topological polar surface area (TPSA) is 48.1 Å². The highest BCUT2D eigenvalue weighted by Gasteiger charge is 2.17. The highest BCUT2D eigenvalue weighted by atomic mass is 19.1. The lowest BCUT2D eigenvalue weighted by Gasteiger charge is -2.11. The molecular formula is C15H14F2N2O. The van der Waals surface area contributed by atoms with Gasteiger partial charge in [0.15, 0.2) is 0 Å². The van der Waals surface area contributed by atoms with Gasteiger partial charge in [0.2, 0.25) is 5.88 Å². The van der Waals surface area contributed by atoms with Crippen LogP contribution in [0, 0.1) is 11.6 Å². The normalized spacial score (nSPS) is 13.3. The summed E-state index contributed by atoms with van der Waals surface area (Å²) < 4.78 is 31.9. The van der Waals surface area contributed by atoms with Crippen LogP contribution < -0.4 is 10.5 Å². The van der Waals surface area contributed by atoms with Gasteiger partial charge in [-0.2, -0.15) is 0 Å². The summed E-state index contributed by atoms with van der Waals surface area (Å²) in [6.45, 7) is 0.271. The van der Waals surface area contributed by atoms with Crippen molar-refractivity contribution in [2.75, 3.05) is 0 Å². The van der Waals surface area contributed by atoms with Crippen molar-refractivity contribution < 1.29 is 13.5 Å². The maximum atomic E-state index is 13.2. The predicted octanol–water partition coefficient (Wildman–Crippen LogP) is 3.10. The van der Waals surface area contributed by atoms with Crippen molar-refractivity contribution in [3.05, 3.63) is 52.7 Å². The molecule has 0 radical (unpaired) electrons. The summed E-state index contributed by atoms with van der Waals surface area (Å²) in [5.41, 5.74) is 8.60. The van der Waals surface area contributed by atoms with Gasteiger partial charge in [-0.3, -0.25) is 0 Å². The average Bonchev–Trinajstić information content (AvgIpc) is 2.83. The van der Waals surface area contributed by atoms with Crippen LogP contribution in [-0.2, 0) is 19.4 Å². The highest BCUT2D eigenvalue weighted by molar-refractivity contribution is 5.39. The first-order valence-electron chi connectivity index (χ1n) is 6.51. The quantitative estimate of drug-likeness (QED) is 0.937. The third kappa shape index (κ3) is 2.49. The van der Waals surface area contributed by atoms with E-state index in [1.165, 1.54) is 5.56 Å². The molecule has 3 rings (SSSR count). The maximum Gasteiger partial charge on any atom is 0.223 e. The molecule has 0 spiro atoms. The summed E-state index contributed by atoms with van der Waals surface area (Å²) in [6, 6.07) is 5.02. The number of nitrogens with zero attached hydrogens (tertiary/aromatic N) is 1. The van der Waals surface area contributed by atoms with Crippen LogP contribution in [0.25, 0.3) is 0 Å². The fourth-order valence-electron chi connectivity index (χ4n) is 2.43. The van der Waals surface area contributed by atoms with Crippen LogP contribution in [-0.4, -0.2) is 4.98 Å². The van der Waals surface area contributed by atoms with Crippen molar-refractivity contribution in [1.29, 1.82) is 0 Å². The number of rotatable bonds is 3. The van der Waals surface area contributed by atoms with E-state index in [2.05, 4.69) is 4.98 Å². The van der Waals surface area contributed by atoms with Gasteiger partial charge in [-0.25, -0.2) is 13.8 Å². The summed E-state index contributed by atoms with van der Waals surface area (Å²) in [5, 5.41) is 0. The first-order valence-corrected chi connectivity index (χ1v) is 6.51. The zero-order valence-corrected chi connectivity index (χ0v) is 10.8. The number of aromatic nitrogens is 1. The highest BCUT2D eigenvalue weighted by Crippen LogP contribution is 2.30. The number of halogens is 2. The number of pyridine rings is 1. The molecule has 1 aliphatic carbocycles. The fourth-order valence-corrected chi connectivity index (χ4v) is 2.43. The minimum atomic E-state index is -0.685. The molecule has 0 amide bonds. The maximum absolute atomic E-state index is 13.2. The van der Waals surface area contributed by atoms with Gasteiger partial charge in [0, 0.05) is 36.0 Å². The average molecular weight is 276 g/mol. The van der Waals surface area contributed by atoms with Crippen molar-refractivity contribution in [3.8, 4) is 11.6 Å². The summed E-state index contributed by atoms with van der Waals surface area (Å²) >= 11 is 0. The standard InChI is InChI=1S/C15H14F2N2O/c16-11-5-12(17)7-13(6-11)20-15-10(8-18)4-9-2-1-3-14(9)19-15/h4-7H,1-3,8,18H2. The molecule has 0 saturated carbocycles. The van der Waals surface area contributed by atoms with Gasteiger partial charge in [-0.05, 0) is 30.9 Å². The summed E-state index contributed by atoms with van der Waals surface area (Å²) in [6.07, 6.45) is 2.95. The molecular weight excluding hydrogens is 262 g/mol. The molecule has 1 aromatic heterocycles. The molecule has 2 aromatic rings. The molecule has 3 nitrogen and oxygen atoms in total. The summed E-state index contributed by atoms with van der Waals surface area (Å²) in [7, 11) is 0. The zero-order valence-electron chi connectivity index (χ0n) is 10.8. The van der Waals surface area contributed by atoms with Crippen molar-refractivity contribution in [2.45, 2.75) is 25.8 Å². The van der Waals surface area contributed by atoms with E-state index in [-0.39, 0.29) is 12.3 Å². The van der Waals surface area contributed by atoms with E-state index in [4.69, 9.17) is 10.5 Å². The van der Waals surface area contributed by atoms with Gasteiger partial charge in [0.25, 0.3) is 0 Å². The van der Waals surface area contributed by atoms with Crippen molar-refractivity contribution in [2.24, 2.45) is 5.73 Å². The Labute approximate surface area is 115 Å². The number of hydrogen-bond donors (Lipinski definition) is 1. The van der Waals surface area contributed by atoms with Gasteiger partial charge in [-0.1, -0.05) is 0 Å². The van der Waals surface area contributed by atoms with Gasteiger partial charge >= 0.3 is 0 Å². The van der Waals surface area contributed by atoms with E-state index in [1.54, 1.807) is 0 Å². The van der Waals surface area contributed by atoms with Crippen LogP contribution in [0.3, 0.4) is 0 Å². The molecule has 1 aliphatic rings. The Morgan fingerprint density at radius 3 is 2.55 bits per heavy atom. The van der Waals surface area contributed by atoms with E-state index in [1.807, 2.05) is 6.07 Å². The first kappa shape index (κ1) is 13.0. The number of benzene rings is 1. The van der Waals surface area contributed by atoms with Crippen molar-refractivity contribution in [3.63, 3.8) is 0 Å². The van der Waals surface area contributed by atoms with Gasteiger partial charge in [0.05, 0.1) is 0 Å². The van der Waals surface area contributed by atoms with Gasteiger partial charge < -0.3 is 10.5 Å². The van der Waals surface area contributed by atoms with Crippen molar-refractivity contribution in [1.82, 2.24) is 4.98 Å². The molecule has 0 atom stereocenters. The van der Waals surface area contributed by atoms with Crippen LogP contribution in [0.1, 0.15) is 23.2 Å². The van der Waals surface area contributed by atoms with Gasteiger partial charge in [0.1, 0.15) is 17.4 Å². The largest absolute Gasteiger partial charge is 0.438 e. The molecule has 20 heavy (non-hydrogen) atoms. The molecule has 0 unspecified atom stereocenters. The first-order chi connectivity index (χ1) is 9.65. The molecule has 0 fully saturated rings. The number of ether oxygens (including phenoxy) is 1. The number of aryl methyl sites for hydroxylation is 2. The Balaban J connectivity index is 1.97. The van der Waals surface area contributed by atoms with Crippen LogP contribution in [0.4, 0.5) is 8.78 Å². The second-order valence-corrected chi connectivity index (χ2v) is 4.82. The van der Waals surface area contributed by atoms with E-state index < -0.39 is 11.6 Å². The molecule has 2 N–H and O–H groups in total. The van der Waals surface area contributed by atoms with Crippen LogP contribution in [0.5, 0.6) is 11.6 Å². The Morgan fingerprint density at radius 2 is 1.85 bits per heavy atom. The van der Waals surface area contributed by atoms with E-state index >= 15 is 0 Å². The summed E-state index contributed by atoms with van der Waals surface area (Å²) in [5.74, 6) is -0.952. The fraction of sp³-hybridized carbons (Fsp3) is 0.267. The Kier molecular flexibility index (Phi) is 3.36. The lowest BCUT2D eigenvalue weighted by molar-refractivity contribution is 0.444. The predicted molar refractivity (Wildman–Crippen MR) is 70.6 cm³/mol. The second kappa shape index (κ2) is 5.17. The SMILES string of the molecule is NCc1cc2c(nc1Oc1cc(F)cc(F)c1)CCC2. The van der Waals surface area contributed by atoms with Crippen LogP contribution in [0.15, 0.2) is 24.3 Å². The third-order valence-corrected chi connectivity index (χ3v) is 3.36. The third-order valence-electron chi connectivity index (χ3n) is 3.36. The van der Waals surface area contributed by atoms with Crippen molar-refractivity contribution >= 4 is 0 Å². The van der Waals surface area contributed by atoms with E-state index in [0.717, 1.165) is 48.7 Å². The smallest absolute Gasteiger partial charge is 0.223 e. The molecule has 1 heterocycles. The molecule has 5 heteroatoms. The monoisotopic (exact) mass is 276 g/mol. The molecule has 0 saturated heterocycles.